The number of hydrogen-bond acceptors (Lipinski definition) is 5. The zero-order valence-electron chi connectivity index (χ0n) is 13.6. The van der Waals surface area contributed by atoms with E-state index in [1.807, 2.05) is 18.3 Å². The van der Waals surface area contributed by atoms with E-state index in [4.69, 9.17) is 9.47 Å². The van der Waals surface area contributed by atoms with Crippen molar-refractivity contribution in [2.75, 3.05) is 20.8 Å². The fourth-order valence-corrected chi connectivity index (χ4v) is 3.61. The molecular weight excluding hydrogens is 306 g/mol. The van der Waals surface area contributed by atoms with Gasteiger partial charge in [-0.25, -0.2) is 0 Å². The summed E-state index contributed by atoms with van der Waals surface area (Å²) in [7, 11) is 3.12. The molecule has 2 heterocycles. The lowest BCUT2D eigenvalue weighted by molar-refractivity contribution is 0.335. The number of nitrogens with zero attached hydrogens (tertiary/aromatic N) is 1. The van der Waals surface area contributed by atoms with Crippen LogP contribution >= 0.6 is 0 Å². The molecule has 2 aliphatic rings. The first kappa shape index (κ1) is 14.8. The minimum atomic E-state index is 0.0484. The van der Waals surface area contributed by atoms with Crippen LogP contribution in [0, 0.1) is 0 Å². The van der Waals surface area contributed by atoms with Gasteiger partial charge in [-0.1, -0.05) is 6.07 Å². The number of phenols is 2. The monoisotopic (exact) mass is 325 g/mol. The Morgan fingerprint density at radius 2 is 1.92 bits per heavy atom. The van der Waals surface area contributed by atoms with Gasteiger partial charge in [0.1, 0.15) is 0 Å². The van der Waals surface area contributed by atoms with Crippen molar-refractivity contribution in [2.45, 2.75) is 12.5 Å². The Bertz CT molecular complexity index is 935. The number of hydrogen-bond donors (Lipinski definition) is 2. The van der Waals surface area contributed by atoms with Crippen molar-refractivity contribution in [2.24, 2.45) is 0 Å². The van der Waals surface area contributed by atoms with E-state index in [-0.39, 0.29) is 17.5 Å². The van der Waals surface area contributed by atoms with Crippen LogP contribution in [0.5, 0.6) is 23.0 Å². The lowest BCUT2D eigenvalue weighted by Gasteiger charge is -2.37. The van der Waals surface area contributed by atoms with Gasteiger partial charge >= 0.3 is 0 Å². The van der Waals surface area contributed by atoms with Crippen LogP contribution in [0.2, 0.25) is 0 Å². The SMILES string of the molecule is COc1cc2c(cc1O)C1C=c3ccc(O)c(OC)c3=CN1CC2. The molecule has 0 aliphatic carbocycles. The minimum absolute atomic E-state index is 0.0484. The van der Waals surface area contributed by atoms with E-state index in [2.05, 4.69) is 11.0 Å². The Kier molecular flexibility index (Phi) is 3.30. The Morgan fingerprint density at radius 3 is 2.67 bits per heavy atom. The summed E-state index contributed by atoms with van der Waals surface area (Å²) in [5.41, 5.74) is 2.26. The largest absolute Gasteiger partial charge is 0.504 e. The molecular formula is C19H19NO4. The molecule has 5 heteroatoms. The van der Waals surface area contributed by atoms with Gasteiger partial charge in [-0.05, 0) is 47.0 Å². The van der Waals surface area contributed by atoms with Crippen LogP contribution in [0.15, 0.2) is 24.3 Å². The third kappa shape index (κ3) is 2.08. The highest BCUT2D eigenvalue weighted by Crippen LogP contribution is 2.39. The third-order valence-electron chi connectivity index (χ3n) is 4.80. The van der Waals surface area contributed by atoms with Crippen molar-refractivity contribution in [3.63, 3.8) is 0 Å². The second-order valence-electron chi connectivity index (χ2n) is 6.07. The van der Waals surface area contributed by atoms with Crippen molar-refractivity contribution in [1.29, 1.82) is 0 Å². The van der Waals surface area contributed by atoms with Gasteiger partial charge in [-0.2, -0.15) is 0 Å². The Morgan fingerprint density at radius 1 is 1.08 bits per heavy atom. The summed E-state index contributed by atoms with van der Waals surface area (Å²) < 4.78 is 10.6. The molecule has 2 aliphatic heterocycles. The molecule has 1 unspecified atom stereocenters. The highest BCUT2D eigenvalue weighted by molar-refractivity contribution is 5.58. The fraction of sp³-hybridized carbons (Fsp3) is 0.263. The molecule has 0 saturated carbocycles. The van der Waals surface area contributed by atoms with Crippen LogP contribution in [0.25, 0.3) is 12.3 Å². The van der Waals surface area contributed by atoms with E-state index in [0.717, 1.165) is 29.0 Å². The second-order valence-corrected chi connectivity index (χ2v) is 6.07. The van der Waals surface area contributed by atoms with Gasteiger partial charge in [0, 0.05) is 18.0 Å². The lowest BCUT2D eigenvalue weighted by atomic mass is 9.90. The van der Waals surface area contributed by atoms with Crippen LogP contribution in [0.4, 0.5) is 0 Å². The maximum atomic E-state index is 10.1. The Balaban J connectivity index is 1.91. The summed E-state index contributed by atoms with van der Waals surface area (Å²) in [5.74, 6) is 1.29. The predicted molar refractivity (Wildman–Crippen MR) is 90.6 cm³/mol. The van der Waals surface area contributed by atoms with Crippen molar-refractivity contribution in [3.8, 4) is 23.0 Å². The number of fused-ring (bicyclic) bond motifs is 4. The van der Waals surface area contributed by atoms with E-state index in [1.165, 1.54) is 5.56 Å². The maximum Gasteiger partial charge on any atom is 0.169 e. The Hall–Kier alpha value is -2.82. The first-order valence-electron chi connectivity index (χ1n) is 7.87. The molecule has 4 rings (SSSR count). The van der Waals surface area contributed by atoms with Gasteiger partial charge in [-0.3, -0.25) is 0 Å². The zero-order valence-corrected chi connectivity index (χ0v) is 13.6. The molecule has 24 heavy (non-hydrogen) atoms. The molecule has 0 aromatic heterocycles. The molecule has 0 amide bonds. The summed E-state index contributed by atoms with van der Waals surface area (Å²) in [5, 5.41) is 22.0. The number of benzene rings is 2. The number of ether oxygens (including phenoxy) is 2. The highest BCUT2D eigenvalue weighted by Gasteiger charge is 2.27. The molecule has 0 radical (unpaired) electrons. The van der Waals surface area contributed by atoms with Crippen LogP contribution in [-0.2, 0) is 6.42 Å². The number of methoxy groups -OCH3 is 2. The van der Waals surface area contributed by atoms with Crippen LogP contribution in [0.3, 0.4) is 0 Å². The highest BCUT2D eigenvalue weighted by atomic mass is 16.5. The summed E-state index contributed by atoms with van der Waals surface area (Å²) in [6.07, 6.45) is 5.03. The van der Waals surface area contributed by atoms with E-state index in [1.54, 1.807) is 26.4 Å². The standard InChI is InChI=1S/C19H19NO4/c1-23-18-8-12-5-6-20-10-14-11(3-4-16(21)19(14)24-2)7-15(20)13(12)9-17(18)22/h3-4,7-10,15,21-22H,5-6H2,1-2H3. The van der Waals surface area contributed by atoms with Gasteiger partial charge in [0.05, 0.1) is 20.3 Å². The smallest absolute Gasteiger partial charge is 0.169 e. The van der Waals surface area contributed by atoms with Gasteiger partial charge in [-0.15, -0.1) is 0 Å². The lowest BCUT2D eigenvalue weighted by Crippen LogP contribution is -2.41. The number of rotatable bonds is 2. The first-order chi connectivity index (χ1) is 11.6. The molecule has 124 valence electrons. The maximum absolute atomic E-state index is 10.1. The topological polar surface area (TPSA) is 62.2 Å². The van der Waals surface area contributed by atoms with Gasteiger partial charge in [0.25, 0.3) is 0 Å². The van der Waals surface area contributed by atoms with Crippen LogP contribution in [0.1, 0.15) is 17.2 Å². The summed E-state index contributed by atoms with van der Waals surface area (Å²) >= 11 is 0. The third-order valence-corrected chi connectivity index (χ3v) is 4.80. The van der Waals surface area contributed by atoms with Crippen molar-refractivity contribution >= 4 is 12.3 Å². The summed E-state index contributed by atoms with van der Waals surface area (Å²) in [6, 6.07) is 7.29. The van der Waals surface area contributed by atoms with Crippen molar-refractivity contribution in [3.05, 3.63) is 45.8 Å². The molecule has 0 fully saturated rings. The molecule has 2 aromatic rings. The first-order valence-corrected chi connectivity index (χ1v) is 7.87. The normalized spacial score (nSPS) is 17.8. The average molecular weight is 325 g/mol. The summed E-state index contributed by atoms with van der Waals surface area (Å²) in [4.78, 5) is 2.21. The molecule has 2 aromatic carbocycles. The van der Waals surface area contributed by atoms with Gasteiger partial charge < -0.3 is 24.6 Å². The van der Waals surface area contributed by atoms with Gasteiger partial charge in [0.15, 0.2) is 23.0 Å². The molecule has 0 bridgehead atoms. The number of aromatic hydroxyl groups is 2. The zero-order chi connectivity index (χ0) is 16.8. The molecule has 0 spiro atoms. The van der Waals surface area contributed by atoms with E-state index in [9.17, 15) is 10.2 Å². The average Bonchev–Trinajstić information content (AvgIpc) is 2.59. The van der Waals surface area contributed by atoms with E-state index >= 15 is 0 Å². The quantitative estimate of drug-likeness (QED) is 0.870. The van der Waals surface area contributed by atoms with Gasteiger partial charge in [0.2, 0.25) is 0 Å². The molecule has 0 saturated heterocycles. The van der Waals surface area contributed by atoms with Crippen LogP contribution in [-0.4, -0.2) is 35.9 Å². The summed E-state index contributed by atoms with van der Waals surface area (Å²) in [6.45, 7) is 0.848. The fourth-order valence-electron chi connectivity index (χ4n) is 3.61. The Labute approximate surface area is 139 Å². The minimum Gasteiger partial charge on any atom is -0.504 e. The van der Waals surface area contributed by atoms with Crippen LogP contribution < -0.4 is 19.9 Å². The number of phenolic OH excluding ortho intramolecular Hbond substituents is 2. The van der Waals surface area contributed by atoms with Crippen molar-refractivity contribution < 1.29 is 19.7 Å². The molecule has 5 nitrogen and oxygen atoms in total. The molecule has 2 N–H and O–H groups in total. The van der Waals surface area contributed by atoms with E-state index in [0.29, 0.717) is 11.5 Å². The predicted octanol–water partition coefficient (Wildman–Crippen LogP) is 1.25. The van der Waals surface area contributed by atoms with E-state index < -0.39 is 0 Å². The molecule has 1 atom stereocenters. The van der Waals surface area contributed by atoms with Crippen molar-refractivity contribution in [1.82, 2.24) is 4.90 Å². The second kappa shape index (κ2) is 5.37.